The summed E-state index contributed by atoms with van der Waals surface area (Å²) in [6.45, 7) is 8.05. The second kappa shape index (κ2) is 11.1. The maximum absolute atomic E-state index is 5.56. The smallest absolute Gasteiger partial charge is 0.236 e. The van der Waals surface area contributed by atoms with Crippen LogP contribution in [0.15, 0.2) is 33.2 Å². The van der Waals surface area contributed by atoms with Crippen molar-refractivity contribution in [2.24, 2.45) is 4.99 Å². The summed E-state index contributed by atoms with van der Waals surface area (Å²) in [5.74, 6) is 1.51. The van der Waals surface area contributed by atoms with Gasteiger partial charge >= 0.3 is 0 Å². The Hall–Kier alpha value is -1.86. The lowest BCUT2D eigenvalue weighted by Crippen LogP contribution is -2.39. The third kappa shape index (κ3) is 6.66. The Labute approximate surface area is 166 Å². The van der Waals surface area contributed by atoms with Crippen LogP contribution in [0, 0.1) is 0 Å². The summed E-state index contributed by atoms with van der Waals surface area (Å²) in [4.78, 5) is 12.8. The summed E-state index contributed by atoms with van der Waals surface area (Å²) in [7, 11) is 0. The molecule has 0 bridgehead atoms. The van der Waals surface area contributed by atoms with Gasteiger partial charge in [0.25, 0.3) is 0 Å². The molecule has 7 heteroatoms. The van der Waals surface area contributed by atoms with E-state index in [9.17, 15) is 0 Å². The van der Waals surface area contributed by atoms with Gasteiger partial charge in [0.05, 0.1) is 11.4 Å². The number of nitrogens with zero attached hydrogens (tertiary/aromatic N) is 3. The van der Waals surface area contributed by atoms with Gasteiger partial charge in [-0.15, -0.1) is 11.3 Å². The van der Waals surface area contributed by atoms with Crippen LogP contribution in [-0.4, -0.2) is 48.6 Å². The number of oxazole rings is 1. The Kier molecular flexibility index (Phi) is 8.17. The van der Waals surface area contributed by atoms with Crippen molar-refractivity contribution in [2.75, 3.05) is 32.7 Å². The van der Waals surface area contributed by atoms with E-state index < -0.39 is 0 Å². The molecule has 1 aliphatic rings. The number of rotatable bonds is 8. The summed E-state index contributed by atoms with van der Waals surface area (Å²) in [5, 5.41) is 8.76. The molecule has 148 valence electrons. The minimum absolute atomic E-state index is 0.510. The SMILES string of the molecule is CCNC(=NCc1coc(-c2cccs2)n1)NCCCN1CCCCCC1. The van der Waals surface area contributed by atoms with E-state index in [4.69, 9.17) is 4.42 Å². The maximum Gasteiger partial charge on any atom is 0.236 e. The second-order valence-corrected chi connectivity index (χ2v) is 7.80. The molecule has 3 heterocycles. The fourth-order valence-electron chi connectivity index (χ4n) is 3.26. The van der Waals surface area contributed by atoms with Crippen LogP contribution in [0.5, 0.6) is 0 Å². The molecule has 0 radical (unpaired) electrons. The molecule has 0 saturated carbocycles. The van der Waals surface area contributed by atoms with Gasteiger partial charge in [0.15, 0.2) is 5.96 Å². The average Bonchev–Trinajstić information content (AvgIpc) is 3.31. The molecule has 2 aromatic rings. The zero-order valence-electron chi connectivity index (χ0n) is 16.2. The van der Waals surface area contributed by atoms with Crippen molar-refractivity contribution in [1.82, 2.24) is 20.5 Å². The molecule has 3 rings (SSSR count). The lowest BCUT2D eigenvalue weighted by molar-refractivity contribution is 0.282. The maximum atomic E-state index is 5.56. The highest BCUT2D eigenvalue weighted by Crippen LogP contribution is 2.23. The van der Waals surface area contributed by atoms with E-state index in [0.29, 0.717) is 12.4 Å². The molecule has 2 aromatic heterocycles. The third-order valence-electron chi connectivity index (χ3n) is 4.67. The normalized spacial score (nSPS) is 16.3. The fourth-order valence-corrected chi connectivity index (χ4v) is 3.92. The molecule has 27 heavy (non-hydrogen) atoms. The number of likely N-dealkylation sites (tertiary alicyclic amines) is 1. The highest BCUT2D eigenvalue weighted by atomic mass is 32.1. The minimum atomic E-state index is 0.510. The quantitative estimate of drug-likeness (QED) is 0.409. The minimum Gasteiger partial charge on any atom is -0.443 e. The molecular formula is C20H31N5OS. The average molecular weight is 390 g/mol. The van der Waals surface area contributed by atoms with Crippen molar-refractivity contribution in [2.45, 2.75) is 45.6 Å². The highest BCUT2D eigenvalue weighted by Gasteiger charge is 2.09. The first kappa shape index (κ1) is 19.9. The Bertz CT molecular complexity index is 674. The molecule has 1 fully saturated rings. The van der Waals surface area contributed by atoms with Crippen LogP contribution in [0.4, 0.5) is 0 Å². The van der Waals surface area contributed by atoms with Gasteiger partial charge < -0.3 is 20.0 Å². The molecule has 0 spiro atoms. The van der Waals surface area contributed by atoms with Gasteiger partial charge in [-0.25, -0.2) is 9.98 Å². The summed E-state index contributed by atoms with van der Waals surface area (Å²) in [6, 6.07) is 4.01. The number of thiophene rings is 1. The molecular weight excluding hydrogens is 358 g/mol. The third-order valence-corrected chi connectivity index (χ3v) is 5.53. The van der Waals surface area contributed by atoms with Crippen molar-refractivity contribution < 1.29 is 4.42 Å². The van der Waals surface area contributed by atoms with Crippen LogP contribution in [0.3, 0.4) is 0 Å². The first-order valence-electron chi connectivity index (χ1n) is 10.1. The molecule has 0 aliphatic carbocycles. The first-order valence-corrected chi connectivity index (χ1v) is 11.0. The molecule has 6 nitrogen and oxygen atoms in total. The Morgan fingerprint density at radius 1 is 1.26 bits per heavy atom. The van der Waals surface area contributed by atoms with Crippen LogP contribution >= 0.6 is 11.3 Å². The van der Waals surface area contributed by atoms with Gasteiger partial charge in [0.2, 0.25) is 5.89 Å². The number of nitrogens with one attached hydrogen (secondary N) is 2. The van der Waals surface area contributed by atoms with Gasteiger partial charge in [-0.2, -0.15) is 0 Å². The van der Waals surface area contributed by atoms with Crippen molar-refractivity contribution in [1.29, 1.82) is 0 Å². The van der Waals surface area contributed by atoms with E-state index >= 15 is 0 Å². The summed E-state index contributed by atoms with van der Waals surface area (Å²) in [6.07, 6.45) is 8.31. The van der Waals surface area contributed by atoms with Crippen LogP contribution in [-0.2, 0) is 6.54 Å². The van der Waals surface area contributed by atoms with E-state index in [1.165, 1.54) is 45.3 Å². The van der Waals surface area contributed by atoms with Crippen molar-refractivity contribution >= 4 is 17.3 Å². The largest absolute Gasteiger partial charge is 0.443 e. The zero-order valence-corrected chi connectivity index (χ0v) is 17.1. The lowest BCUT2D eigenvalue weighted by Gasteiger charge is -2.20. The van der Waals surface area contributed by atoms with Crippen molar-refractivity contribution in [3.8, 4) is 10.8 Å². The fraction of sp³-hybridized carbons (Fsp3) is 0.600. The van der Waals surface area contributed by atoms with Crippen LogP contribution in [0.25, 0.3) is 10.8 Å². The Balaban J connectivity index is 1.43. The van der Waals surface area contributed by atoms with E-state index in [0.717, 1.165) is 36.0 Å². The van der Waals surface area contributed by atoms with Crippen LogP contribution in [0.2, 0.25) is 0 Å². The molecule has 1 aliphatic heterocycles. The summed E-state index contributed by atoms with van der Waals surface area (Å²) < 4.78 is 5.56. The highest BCUT2D eigenvalue weighted by molar-refractivity contribution is 7.13. The molecule has 0 aromatic carbocycles. The Morgan fingerprint density at radius 2 is 2.11 bits per heavy atom. The first-order chi connectivity index (χ1) is 13.3. The van der Waals surface area contributed by atoms with Crippen LogP contribution < -0.4 is 10.6 Å². The lowest BCUT2D eigenvalue weighted by atomic mass is 10.2. The van der Waals surface area contributed by atoms with Crippen LogP contribution in [0.1, 0.15) is 44.7 Å². The van der Waals surface area contributed by atoms with E-state index in [1.807, 2.05) is 17.5 Å². The molecule has 2 N–H and O–H groups in total. The molecule has 0 unspecified atom stereocenters. The number of guanidine groups is 1. The predicted octanol–water partition coefficient (Wildman–Crippen LogP) is 3.72. The molecule has 0 atom stereocenters. The molecule has 1 saturated heterocycles. The number of aromatic nitrogens is 1. The number of hydrogen-bond donors (Lipinski definition) is 2. The predicted molar refractivity (Wildman–Crippen MR) is 112 cm³/mol. The van der Waals surface area contributed by atoms with Gasteiger partial charge in [-0.1, -0.05) is 18.9 Å². The zero-order chi connectivity index (χ0) is 18.7. The van der Waals surface area contributed by atoms with Gasteiger partial charge in [0, 0.05) is 13.1 Å². The molecule has 0 amide bonds. The monoisotopic (exact) mass is 389 g/mol. The van der Waals surface area contributed by atoms with E-state index in [-0.39, 0.29) is 0 Å². The van der Waals surface area contributed by atoms with Gasteiger partial charge in [-0.3, -0.25) is 0 Å². The second-order valence-electron chi connectivity index (χ2n) is 6.85. The van der Waals surface area contributed by atoms with Crippen molar-refractivity contribution in [3.05, 3.63) is 29.5 Å². The number of aliphatic imine (C=N–C) groups is 1. The van der Waals surface area contributed by atoms with E-state index in [1.54, 1.807) is 17.6 Å². The van der Waals surface area contributed by atoms with Crippen molar-refractivity contribution in [3.63, 3.8) is 0 Å². The summed E-state index contributed by atoms with van der Waals surface area (Å²) >= 11 is 1.63. The number of hydrogen-bond acceptors (Lipinski definition) is 5. The standard InChI is InChI=1S/C20H31N5OS/c1-2-21-20(22-10-8-13-25-11-5-3-4-6-12-25)23-15-17-16-26-19(24-17)18-9-7-14-27-18/h7,9,14,16H,2-6,8,10-13,15H2,1H3,(H2,21,22,23). The summed E-state index contributed by atoms with van der Waals surface area (Å²) in [5.41, 5.74) is 0.847. The van der Waals surface area contributed by atoms with E-state index in [2.05, 4.69) is 32.4 Å². The van der Waals surface area contributed by atoms with Gasteiger partial charge in [0.1, 0.15) is 12.0 Å². The topological polar surface area (TPSA) is 65.7 Å². The Morgan fingerprint density at radius 3 is 2.85 bits per heavy atom. The van der Waals surface area contributed by atoms with Gasteiger partial charge in [-0.05, 0) is 57.3 Å².